The van der Waals surface area contributed by atoms with Gasteiger partial charge in [-0.3, -0.25) is 9.69 Å². The standard InChI is InChI=1S/C17H21FN2O4/c1-17(12-6-7-12)15(22)20(16(23)19-17)8-13(21)10-24-9-11-4-2-3-5-14(11)18/h2-5,12-13,21H,6-10H2,1H3,(H,19,23). The first-order valence-corrected chi connectivity index (χ1v) is 8.05. The van der Waals surface area contributed by atoms with Gasteiger partial charge in [-0.15, -0.1) is 0 Å². The molecule has 1 heterocycles. The van der Waals surface area contributed by atoms with Gasteiger partial charge in [-0.05, 0) is 31.7 Å². The van der Waals surface area contributed by atoms with Crippen LogP contribution >= 0.6 is 0 Å². The van der Waals surface area contributed by atoms with E-state index in [1.807, 2.05) is 0 Å². The number of aliphatic hydroxyl groups excluding tert-OH is 1. The molecule has 3 amide bonds. The average Bonchev–Trinajstić information content (AvgIpc) is 3.36. The number of hydrogen-bond acceptors (Lipinski definition) is 4. The van der Waals surface area contributed by atoms with Crippen molar-refractivity contribution in [2.45, 2.75) is 38.0 Å². The molecule has 0 radical (unpaired) electrons. The van der Waals surface area contributed by atoms with Crippen LogP contribution < -0.4 is 5.32 Å². The molecule has 1 aromatic rings. The molecular weight excluding hydrogens is 315 g/mol. The number of imide groups is 1. The molecule has 1 aromatic carbocycles. The zero-order chi connectivity index (χ0) is 17.3. The summed E-state index contributed by atoms with van der Waals surface area (Å²) in [6.45, 7) is 1.52. The number of urea groups is 1. The first-order chi connectivity index (χ1) is 11.4. The molecule has 1 saturated carbocycles. The molecule has 1 aliphatic carbocycles. The Balaban J connectivity index is 1.50. The average molecular weight is 336 g/mol. The van der Waals surface area contributed by atoms with Crippen LogP contribution in [-0.4, -0.2) is 46.7 Å². The monoisotopic (exact) mass is 336 g/mol. The van der Waals surface area contributed by atoms with E-state index in [9.17, 15) is 19.1 Å². The van der Waals surface area contributed by atoms with E-state index in [0.29, 0.717) is 5.56 Å². The number of carbonyl (C=O) groups is 2. The topological polar surface area (TPSA) is 78.9 Å². The van der Waals surface area contributed by atoms with E-state index in [2.05, 4.69) is 5.32 Å². The fourth-order valence-corrected chi connectivity index (χ4v) is 3.00. The first kappa shape index (κ1) is 16.9. The number of nitrogens with zero attached hydrogens (tertiary/aromatic N) is 1. The zero-order valence-corrected chi connectivity index (χ0v) is 13.5. The molecule has 1 saturated heterocycles. The maximum Gasteiger partial charge on any atom is 0.325 e. The number of amides is 3. The second kappa shape index (κ2) is 6.49. The van der Waals surface area contributed by atoms with Gasteiger partial charge in [0.2, 0.25) is 0 Å². The highest BCUT2D eigenvalue weighted by Crippen LogP contribution is 2.42. The minimum absolute atomic E-state index is 0.0175. The van der Waals surface area contributed by atoms with E-state index >= 15 is 0 Å². The quantitative estimate of drug-likeness (QED) is 0.738. The summed E-state index contributed by atoms with van der Waals surface area (Å²) in [6.07, 6.45) is 0.822. The van der Waals surface area contributed by atoms with Crippen LogP contribution in [0.2, 0.25) is 0 Å². The predicted molar refractivity (Wildman–Crippen MR) is 83.4 cm³/mol. The van der Waals surface area contributed by atoms with Crippen molar-refractivity contribution in [1.82, 2.24) is 10.2 Å². The zero-order valence-electron chi connectivity index (χ0n) is 13.5. The third-order valence-corrected chi connectivity index (χ3v) is 4.61. The lowest BCUT2D eigenvalue weighted by Gasteiger charge is -2.22. The molecule has 0 spiro atoms. The number of carbonyl (C=O) groups excluding carboxylic acids is 2. The largest absolute Gasteiger partial charge is 0.389 e. The number of benzene rings is 1. The van der Waals surface area contributed by atoms with Crippen molar-refractivity contribution in [2.24, 2.45) is 5.92 Å². The molecule has 2 aliphatic rings. The van der Waals surface area contributed by atoms with Crippen LogP contribution in [0.4, 0.5) is 9.18 Å². The van der Waals surface area contributed by atoms with Gasteiger partial charge in [0.15, 0.2) is 0 Å². The lowest BCUT2D eigenvalue weighted by Crippen LogP contribution is -2.46. The van der Waals surface area contributed by atoms with Crippen LogP contribution in [0.25, 0.3) is 0 Å². The first-order valence-electron chi connectivity index (χ1n) is 8.05. The maximum atomic E-state index is 13.5. The Hall–Kier alpha value is -1.99. The smallest absolute Gasteiger partial charge is 0.325 e. The molecule has 2 fully saturated rings. The number of rotatable bonds is 7. The third kappa shape index (κ3) is 3.27. The van der Waals surface area contributed by atoms with Crippen LogP contribution in [0.5, 0.6) is 0 Å². The van der Waals surface area contributed by atoms with Crippen LogP contribution in [0.1, 0.15) is 25.3 Å². The van der Waals surface area contributed by atoms with Crippen LogP contribution in [-0.2, 0) is 16.1 Å². The number of nitrogens with one attached hydrogen (secondary N) is 1. The third-order valence-electron chi connectivity index (χ3n) is 4.61. The van der Waals surface area contributed by atoms with Gasteiger partial charge >= 0.3 is 6.03 Å². The van der Waals surface area contributed by atoms with E-state index in [1.165, 1.54) is 6.07 Å². The molecule has 2 atom stereocenters. The Morgan fingerprint density at radius 3 is 2.79 bits per heavy atom. The summed E-state index contributed by atoms with van der Waals surface area (Å²) in [4.78, 5) is 25.5. The van der Waals surface area contributed by atoms with Crippen molar-refractivity contribution < 1.29 is 23.8 Å². The van der Waals surface area contributed by atoms with E-state index in [-0.39, 0.29) is 37.4 Å². The minimum Gasteiger partial charge on any atom is -0.389 e. The fourth-order valence-electron chi connectivity index (χ4n) is 3.00. The molecule has 6 nitrogen and oxygen atoms in total. The van der Waals surface area contributed by atoms with Gasteiger partial charge in [-0.1, -0.05) is 18.2 Å². The van der Waals surface area contributed by atoms with E-state index < -0.39 is 17.7 Å². The van der Waals surface area contributed by atoms with Gasteiger partial charge < -0.3 is 15.2 Å². The number of halogens is 1. The highest BCUT2D eigenvalue weighted by molar-refractivity contribution is 6.07. The van der Waals surface area contributed by atoms with E-state index in [0.717, 1.165) is 17.7 Å². The lowest BCUT2D eigenvalue weighted by molar-refractivity contribution is -0.132. The van der Waals surface area contributed by atoms with Crippen molar-refractivity contribution in [3.8, 4) is 0 Å². The Morgan fingerprint density at radius 2 is 2.12 bits per heavy atom. The van der Waals surface area contributed by atoms with Crippen molar-refractivity contribution >= 4 is 11.9 Å². The van der Waals surface area contributed by atoms with Gasteiger partial charge in [-0.2, -0.15) is 0 Å². The molecule has 130 valence electrons. The predicted octanol–water partition coefficient (Wildman–Crippen LogP) is 1.42. The minimum atomic E-state index is -1.02. The van der Waals surface area contributed by atoms with Crippen LogP contribution in [0.15, 0.2) is 24.3 Å². The van der Waals surface area contributed by atoms with E-state index in [4.69, 9.17) is 4.74 Å². The Labute approximate surface area is 139 Å². The van der Waals surface area contributed by atoms with Crippen LogP contribution in [0, 0.1) is 11.7 Å². The SMILES string of the molecule is CC1(C2CC2)NC(=O)N(CC(O)COCc2ccccc2F)C1=O. The Morgan fingerprint density at radius 1 is 1.42 bits per heavy atom. The highest BCUT2D eigenvalue weighted by Gasteiger charge is 2.56. The lowest BCUT2D eigenvalue weighted by atomic mass is 9.96. The Bertz CT molecular complexity index is 649. The second-order valence-corrected chi connectivity index (χ2v) is 6.58. The van der Waals surface area contributed by atoms with Crippen LogP contribution in [0.3, 0.4) is 0 Å². The molecule has 2 N–H and O–H groups in total. The summed E-state index contributed by atoms with van der Waals surface area (Å²) in [5.74, 6) is -0.502. The molecule has 1 aliphatic heterocycles. The molecule has 0 aromatic heterocycles. The summed E-state index contributed by atoms with van der Waals surface area (Å²) < 4.78 is 18.8. The summed E-state index contributed by atoms with van der Waals surface area (Å²) in [7, 11) is 0. The number of aliphatic hydroxyl groups is 1. The molecule has 0 bridgehead atoms. The molecule has 7 heteroatoms. The van der Waals surface area contributed by atoms with Crippen molar-refractivity contribution in [3.05, 3.63) is 35.6 Å². The maximum absolute atomic E-state index is 13.5. The number of hydrogen-bond donors (Lipinski definition) is 2. The van der Waals surface area contributed by atoms with Gasteiger partial charge in [0.25, 0.3) is 5.91 Å². The van der Waals surface area contributed by atoms with Crippen molar-refractivity contribution in [3.63, 3.8) is 0 Å². The molecule has 24 heavy (non-hydrogen) atoms. The van der Waals surface area contributed by atoms with Gasteiger partial charge in [0.05, 0.1) is 25.9 Å². The normalized spacial score (nSPS) is 25.0. The van der Waals surface area contributed by atoms with Crippen molar-refractivity contribution in [2.75, 3.05) is 13.2 Å². The highest BCUT2D eigenvalue weighted by atomic mass is 19.1. The molecular formula is C17H21FN2O4. The number of β-amino-alcohol motifs (C(OH)–C–C–N with tert-alkyl or cyclic N) is 1. The number of ether oxygens (including phenoxy) is 1. The molecule has 3 rings (SSSR count). The summed E-state index contributed by atoms with van der Waals surface area (Å²) >= 11 is 0. The Kier molecular flexibility index (Phi) is 4.56. The van der Waals surface area contributed by atoms with E-state index in [1.54, 1.807) is 25.1 Å². The molecule has 2 unspecified atom stereocenters. The summed E-state index contributed by atoms with van der Waals surface area (Å²) in [6, 6.07) is 5.73. The fraction of sp³-hybridized carbons (Fsp3) is 0.529. The second-order valence-electron chi connectivity index (χ2n) is 6.58. The summed E-state index contributed by atoms with van der Waals surface area (Å²) in [5, 5.41) is 12.7. The van der Waals surface area contributed by atoms with Gasteiger partial charge in [-0.25, -0.2) is 9.18 Å². The van der Waals surface area contributed by atoms with Gasteiger partial charge in [0, 0.05) is 5.56 Å². The van der Waals surface area contributed by atoms with Crippen molar-refractivity contribution in [1.29, 1.82) is 0 Å². The summed E-state index contributed by atoms with van der Waals surface area (Å²) in [5.41, 5.74) is -0.467. The van der Waals surface area contributed by atoms with Gasteiger partial charge in [0.1, 0.15) is 11.4 Å².